The van der Waals surface area contributed by atoms with Crippen molar-refractivity contribution in [2.75, 3.05) is 32.1 Å². The van der Waals surface area contributed by atoms with Crippen molar-refractivity contribution in [1.29, 1.82) is 0 Å². The Labute approximate surface area is 123 Å². The lowest BCUT2D eigenvalue weighted by Gasteiger charge is -2.09. The van der Waals surface area contributed by atoms with E-state index >= 15 is 0 Å². The first-order valence-electron chi connectivity index (χ1n) is 6.08. The molecule has 106 valence electrons. The van der Waals surface area contributed by atoms with Crippen molar-refractivity contribution >= 4 is 34.8 Å². The van der Waals surface area contributed by atoms with Crippen LogP contribution in [0.4, 0.5) is 5.69 Å². The normalized spacial score (nSPS) is 10.3. The molecule has 0 unspecified atom stereocenters. The van der Waals surface area contributed by atoms with Gasteiger partial charge in [-0.3, -0.25) is 4.79 Å². The maximum atomic E-state index is 11.5. The molecule has 0 aliphatic rings. The third-order valence-corrected chi connectivity index (χ3v) is 2.99. The van der Waals surface area contributed by atoms with Gasteiger partial charge < -0.3 is 15.4 Å². The highest BCUT2D eigenvalue weighted by Crippen LogP contribution is 2.25. The SMILES string of the molecule is COCCCNC(=O)CCNc1ccc(Cl)cc1Cl. The van der Waals surface area contributed by atoms with Gasteiger partial charge in [-0.15, -0.1) is 0 Å². The second kappa shape index (κ2) is 9.02. The summed E-state index contributed by atoms with van der Waals surface area (Å²) in [6.45, 7) is 1.81. The minimum absolute atomic E-state index is 0.00805. The van der Waals surface area contributed by atoms with Crippen molar-refractivity contribution in [2.45, 2.75) is 12.8 Å². The lowest BCUT2D eigenvalue weighted by atomic mass is 10.3. The predicted molar refractivity (Wildman–Crippen MR) is 79.1 cm³/mol. The molecule has 0 bridgehead atoms. The Morgan fingerprint density at radius 3 is 2.79 bits per heavy atom. The Hall–Kier alpha value is -0.970. The van der Waals surface area contributed by atoms with E-state index in [2.05, 4.69) is 10.6 Å². The molecule has 0 aliphatic heterocycles. The van der Waals surface area contributed by atoms with E-state index in [0.717, 1.165) is 12.1 Å². The molecular weight excluding hydrogens is 287 g/mol. The van der Waals surface area contributed by atoms with Crippen LogP contribution in [-0.4, -0.2) is 32.7 Å². The summed E-state index contributed by atoms with van der Waals surface area (Å²) in [7, 11) is 1.64. The quantitative estimate of drug-likeness (QED) is 0.726. The van der Waals surface area contributed by atoms with Crippen LogP contribution >= 0.6 is 23.2 Å². The maximum Gasteiger partial charge on any atom is 0.221 e. The molecule has 1 aromatic rings. The fourth-order valence-electron chi connectivity index (χ4n) is 1.48. The van der Waals surface area contributed by atoms with Crippen LogP contribution in [0, 0.1) is 0 Å². The molecule has 1 aromatic carbocycles. The van der Waals surface area contributed by atoms with Gasteiger partial charge in [-0.05, 0) is 24.6 Å². The summed E-state index contributed by atoms with van der Waals surface area (Å²) in [5.41, 5.74) is 0.776. The number of nitrogens with one attached hydrogen (secondary N) is 2. The third-order valence-electron chi connectivity index (χ3n) is 2.45. The van der Waals surface area contributed by atoms with Crippen LogP contribution in [0.3, 0.4) is 0 Å². The van der Waals surface area contributed by atoms with Gasteiger partial charge in [-0.2, -0.15) is 0 Å². The highest BCUT2D eigenvalue weighted by Gasteiger charge is 2.03. The zero-order valence-electron chi connectivity index (χ0n) is 10.8. The monoisotopic (exact) mass is 304 g/mol. The van der Waals surface area contributed by atoms with Gasteiger partial charge >= 0.3 is 0 Å². The van der Waals surface area contributed by atoms with Gasteiger partial charge in [0.15, 0.2) is 0 Å². The molecule has 0 aromatic heterocycles. The second-order valence-electron chi connectivity index (χ2n) is 4.00. The van der Waals surface area contributed by atoms with Crippen LogP contribution in [0.2, 0.25) is 10.0 Å². The topological polar surface area (TPSA) is 50.4 Å². The number of benzene rings is 1. The highest BCUT2D eigenvalue weighted by atomic mass is 35.5. The van der Waals surface area contributed by atoms with E-state index in [1.807, 2.05) is 0 Å². The molecule has 0 fully saturated rings. The Balaban J connectivity index is 2.20. The molecular formula is C13H18Cl2N2O2. The summed E-state index contributed by atoms with van der Waals surface area (Å²) in [6, 6.07) is 5.21. The molecule has 1 rings (SSSR count). The lowest BCUT2D eigenvalue weighted by molar-refractivity contribution is -0.120. The number of amides is 1. The second-order valence-corrected chi connectivity index (χ2v) is 4.84. The van der Waals surface area contributed by atoms with E-state index < -0.39 is 0 Å². The van der Waals surface area contributed by atoms with Crippen molar-refractivity contribution in [1.82, 2.24) is 5.32 Å². The fraction of sp³-hybridized carbons (Fsp3) is 0.462. The van der Waals surface area contributed by atoms with E-state index in [4.69, 9.17) is 27.9 Å². The molecule has 2 N–H and O–H groups in total. The first kappa shape index (κ1) is 16.1. The number of rotatable bonds is 8. The van der Waals surface area contributed by atoms with Crippen LogP contribution in [0.1, 0.15) is 12.8 Å². The maximum absolute atomic E-state index is 11.5. The molecule has 0 atom stereocenters. The number of hydrogen-bond acceptors (Lipinski definition) is 3. The molecule has 0 aliphatic carbocycles. The molecule has 1 amide bonds. The molecule has 0 heterocycles. The van der Waals surface area contributed by atoms with Gasteiger partial charge in [-0.1, -0.05) is 23.2 Å². The summed E-state index contributed by atoms with van der Waals surface area (Å²) >= 11 is 11.8. The Kier molecular flexibility index (Phi) is 7.63. The van der Waals surface area contributed by atoms with E-state index in [9.17, 15) is 4.79 Å². The Morgan fingerprint density at radius 1 is 1.32 bits per heavy atom. The Bertz CT molecular complexity index is 414. The minimum Gasteiger partial charge on any atom is -0.385 e. The number of halogens is 2. The zero-order valence-corrected chi connectivity index (χ0v) is 12.4. The fourth-order valence-corrected chi connectivity index (χ4v) is 1.95. The van der Waals surface area contributed by atoms with Gasteiger partial charge in [-0.25, -0.2) is 0 Å². The van der Waals surface area contributed by atoms with Crippen LogP contribution in [0.5, 0.6) is 0 Å². The number of carbonyl (C=O) groups excluding carboxylic acids is 1. The molecule has 6 heteroatoms. The molecule has 19 heavy (non-hydrogen) atoms. The largest absolute Gasteiger partial charge is 0.385 e. The van der Waals surface area contributed by atoms with Gasteiger partial charge in [0.2, 0.25) is 5.91 Å². The molecule has 0 radical (unpaired) electrons. The summed E-state index contributed by atoms with van der Waals surface area (Å²) in [5.74, 6) is 0.00805. The van der Waals surface area contributed by atoms with Crippen molar-refractivity contribution in [3.63, 3.8) is 0 Å². The molecule has 4 nitrogen and oxygen atoms in total. The summed E-state index contributed by atoms with van der Waals surface area (Å²) in [5, 5.41) is 7.05. The number of hydrogen-bond donors (Lipinski definition) is 2. The van der Waals surface area contributed by atoms with Crippen LogP contribution in [0.15, 0.2) is 18.2 Å². The summed E-state index contributed by atoms with van der Waals surface area (Å²) in [4.78, 5) is 11.5. The average Bonchev–Trinajstić information content (AvgIpc) is 2.37. The molecule has 0 saturated carbocycles. The lowest BCUT2D eigenvalue weighted by Crippen LogP contribution is -2.26. The number of anilines is 1. The van der Waals surface area contributed by atoms with Gasteiger partial charge in [0.1, 0.15) is 0 Å². The average molecular weight is 305 g/mol. The van der Waals surface area contributed by atoms with E-state index in [0.29, 0.717) is 36.2 Å². The molecule has 0 spiro atoms. The van der Waals surface area contributed by atoms with Crippen LogP contribution in [0.25, 0.3) is 0 Å². The van der Waals surface area contributed by atoms with Crippen molar-refractivity contribution < 1.29 is 9.53 Å². The molecule has 0 saturated heterocycles. The van der Waals surface area contributed by atoms with Crippen LogP contribution in [-0.2, 0) is 9.53 Å². The van der Waals surface area contributed by atoms with Gasteiger partial charge in [0, 0.05) is 38.2 Å². The number of methoxy groups -OCH3 is 1. The van der Waals surface area contributed by atoms with Gasteiger partial charge in [0.25, 0.3) is 0 Å². The van der Waals surface area contributed by atoms with Crippen molar-refractivity contribution in [3.8, 4) is 0 Å². The van der Waals surface area contributed by atoms with E-state index in [1.54, 1.807) is 25.3 Å². The number of ether oxygens (including phenoxy) is 1. The van der Waals surface area contributed by atoms with Crippen molar-refractivity contribution in [3.05, 3.63) is 28.2 Å². The predicted octanol–water partition coefficient (Wildman–Crippen LogP) is 2.95. The first-order valence-corrected chi connectivity index (χ1v) is 6.83. The first-order chi connectivity index (χ1) is 9.13. The van der Waals surface area contributed by atoms with Crippen molar-refractivity contribution in [2.24, 2.45) is 0 Å². The highest BCUT2D eigenvalue weighted by molar-refractivity contribution is 6.36. The third kappa shape index (κ3) is 6.66. The minimum atomic E-state index is 0.00805. The van der Waals surface area contributed by atoms with Gasteiger partial charge in [0.05, 0.1) is 10.7 Å². The van der Waals surface area contributed by atoms with E-state index in [-0.39, 0.29) is 5.91 Å². The standard InChI is InChI=1S/C13H18Cl2N2O2/c1-19-8-2-6-17-13(18)5-7-16-12-4-3-10(14)9-11(12)15/h3-4,9,16H,2,5-8H2,1H3,(H,17,18). The summed E-state index contributed by atoms with van der Waals surface area (Å²) in [6.07, 6.45) is 1.21. The number of carbonyl (C=O) groups is 1. The summed E-state index contributed by atoms with van der Waals surface area (Å²) < 4.78 is 4.90. The zero-order chi connectivity index (χ0) is 14.1. The van der Waals surface area contributed by atoms with Crippen LogP contribution < -0.4 is 10.6 Å². The smallest absolute Gasteiger partial charge is 0.221 e. The van der Waals surface area contributed by atoms with E-state index in [1.165, 1.54) is 0 Å². The Morgan fingerprint density at radius 2 is 2.11 bits per heavy atom.